The van der Waals surface area contributed by atoms with Crippen molar-refractivity contribution < 1.29 is 19.8 Å². The second-order valence-corrected chi connectivity index (χ2v) is 5.69. The molecule has 0 saturated carbocycles. The monoisotopic (exact) mass is 334 g/mol. The van der Waals surface area contributed by atoms with Gasteiger partial charge < -0.3 is 14.8 Å². The summed E-state index contributed by atoms with van der Waals surface area (Å²) in [7, 11) is 0. The molecule has 24 heavy (non-hydrogen) atoms. The van der Waals surface area contributed by atoms with E-state index in [1.165, 1.54) is 0 Å². The van der Waals surface area contributed by atoms with Crippen LogP contribution in [0.3, 0.4) is 0 Å². The number of fused-ring (bicyclic) bond motifs is 1. The molecule has 2 rings (SSSR count). The molecule has 0 fully saturated rings. The minimum absolute atomic E-state index is 0.0292. The predicted molar refractivity (Wildman–Crippen MR) is 86.6 cm³/mol. The molecule has 0 saturated heterocycles. The summed E-state index contributed by atoms with van der Waals surface area (Å²) < 4.78 is 1.83. The average Bonchev–Trinajstić information content (AvgIpc) is 3.01. The molecule has 0 amide bonds. The van der Waals surface area contributed by atoms with Crippen LogP contribution in [0.15, 0.2) is 24.8 Å². The van der Waals surface area contributed by atoms with E-state index in [0.717, 1.165) is 24.8 Å². The highest BCUT2D eigenvalue weighted by Gasteiger charge is 2.23. The summed E-state index contributed by atoms with van der Waals surface area (Å²) in [4.78, 5) is 30.5. The van der Waals surface area contributed by atoms with Crippen molar-refractivity contribution in [2.75, 3.05) is 0 Å². The second kappa shape index (κ2) is 8.39. The summed E-state index contributed by atoms with van der Waals surface area (Å²) in [5, 5.41) is 21.2. The van der Waals surface area contributed by atoms with Gasteiger partial charge in [-0.25, -0.2) is 9.97 Å². The van der Waals surface area contributed by atoms with E-state index >= 15 is 0 Å². The number of aromatic nitrogens is 3. The molecule has 0 spiro atoms. The summed E-state index contributed by atoms with van der Waals surface area (Å²) in [6, 6.07) is 0.915. The Morgan fingerprint density at radius 2 is 2.08 bits per heavy atom. The molecule has 1 unspecified atom stereocenters. The zero-order valence-corrected chi connectivity index (χ0v) is 13.6. The average molecular weight is 334 g/mol. The van der Waals surface area contributed by atoms with Gasteiger partial charge in [-0.2, -0.15) is 0 Å². The molecule has 2 aliphatic heterocycles. The van der Waals surface area contributed by atoms with Crippen LogP contribution in [0.5, 0.6) is 0 Å². The Labute approximate surface area is 139 Å². The maximum Gasteiger partial charge on any atom is 0.320 e. The van der Waals surface area contributed by atoms with Crippen LogP contribution in [0.4, 0.5) is 0 Å². The molecule has 0 aromatic carbocycles. The van der Waals surface area contributed by atoms with Crippen LogP contribution in [0.25, 0.3) is 11.4 Å². The number of rotatable bonds is 10. The lowest BCUT2D eigenvalue weighted by atomic mass is 10.1. The first-order valence-corrected chi connectivity index (χ1v) is 8.00. The largest absolute Gasteiger partial charge is 0.481 e. The van der Waals surface area contributed by atoms with Crippen LogP contribution in [-0.2, 0) is 9.59 Å². The molecule has 2 atom stereocenters. The zero-order valence-electron chi connectivity index (χ0n) is 13.6. The number of nitrogens with one attached hydrogen (secondary N) is 1. The number of hydrogen-bond donors (Lipinski definition) is 3. The Bertz CT molecular complexity index is 657. The smallest absolute Gasteiger partial charge is 0.320 e. The number of nitrogens with zero attached hydrogens (tertiary/aromatic N) is 3. The van der Waals surface area contributed by atoms with E-state index in [4.69, 9.17) is 5.11 Å². The molecular formula is C16H22N4O4. The van der Waals surface area contributed by atoms with Gasteiger partial charge in [-0.3, -0.25) is 14.9 Å². The van der Waals surface area contributed by atoms with Gasteiger partial charge in [0.05, 0.1) is 12.5 Å². The fourth-order valence-electron chi connectivity index (χ4n) is 2.53. The van der Waals surface area contributed by atoms with Crippen molar-refractivity contribution in [1.29, 1.82) is 0 Å². The second-order valence-electron chi connectivity index (χ2n) is 5.69. The van der Waals surface area contributed by atoms with E-state index < -0.39 is 18.0 Å². The maximum absolute atomic E-state index is 11.4. The fourth-order valence-corrected chi connectivity index (χ4v) is 2.53. The zero-order chi connectivity index (χ0) is 17.5. The molecule has 0 aromatic heterocycles. The summed E-state index contributed by atoms with van der Waals surface area (Å²) in [5.41, 5.74) is 0.873. The quantitative estimate of drug-likeness (QED) is 0.608. The van der Waals surface area contributed by atoms with Gasteiger partial charge in [-0.15, -0.1) is 0 Å². The van der Waals surface area contributed by atoms with Crippen LogP contribution in [0.2, 0.25) is 0 Å². The fraction of sp³-hybridized carbons (Fsp3) is 0.500. The van der Waals surface area contributed by atoms with E-state index in [9.17, 15) is 14.7 Å². The Balaban J connectivity index is 2.18. The number of unbranched alkanes of at least 4 members (excludes halogenated alkanes) is 1. The van der Waals surface area contributed by atoms with Crippen molar-refractivity contribution in [1.82, 2.24) is 19.9 Å². The third-order valence-electron chi connectivity index (χ3n) is 3.84. The van der Waals surface area contributed by atoms with Gasteiger partial charge in [0.1, 0.15) is 6.04 Å². The van der Waals surface area contributed by atoms with Crippen molar-refractivity contribution >= 4 is 11.9 Å². The number of hydrogen-bond acceptors (Lipinski definition) is 5. The highest BCUT2D eigenvalue weighted by Crippen LogP contribution is 2.20. The Morgan fingerprint density at radius 1 is 1.29 bits per heavy atom. The minimum Gasteiger partial charge on any atom is -0.481 e. The number of aliphatic carboxylic acids is 2. The minimum atomic E-state index is -1.05. The van der Waals surface area contributed by atoms with E-state index in [1.807, 2.05) is 16.8 Å². The Morgan fingerprint density at radius 3 is 2.75 bits per heavy atom. The standard InChI is InChI=1S/C16H22N4O4/c1-2-3-4-13(19-12(16(23)24)5-6-14(21)22)20-9-11-7-8-17-15(11)18-10-20/h7-10,12-13,19H,2-6H2,1H3,(H,21,22)(H,23,24)/t12-,13?/m0/s1. The molecule has 0 radical (unpaired) electrons. The van der Waals surface area contributed by atoms with Crippen LogP contribution in [-0.4, -0.2) is 42.7 Å². The molecule has 8 nitrogen and oxygen atoms in total. The van der Waals surface area contributed by atoms with Crippen molar-refractivity contribution in [2.45, 2.75) is 51.2 Å². The SMILES string of the molecule is CCCCC(N[C@@H](CCC(=O)O)C(=O)O)n1cnc2nccc-2c1. The van der Waals surface area contributed by atoms with E-state index in [0.29, 0.717) is 5.82 Å². The van der Waals surface area contributed by atoms with Gasteiger partial charge in [0.25, 0.3) is 0 Å². The van der Waals surface area contributed by atoms with E-state index in [1.54, 1.807) is 12.5 Å². The highest BCUT2D eigenvalue weighted by atomic mass is 16.4. The van der Waals surface area contributed by atoms with Gasteiger partial charge in [0.2, 0.25) is 0 Å². The van der Waals surface area contributed by atoms with Gasteiger partial charge in [-0.05, 0) is 18.9 Å². The maximum atomic E-state index is 11.4. The van der Waals surface area contributed by atoms with Crippen LogP contribution >= 0.6 is 0 Å². The molecular weight excluding hydrogens is 312 g/mol. The topological polar surface area (TPSA) is 117 Å². The molecule has 130 valence electrons. The lowest BCUT2D eigenvalue weighted by molar-refractivity contribution is -0.141. The number of carboxylic acids is 2. The summed E-state index contributed by atoms with van der Waals surface area (Å²) >= 11 is 0. The summed E-state index contributed by atoms with van der Waals surface area (Å²) in [5.74, 6) is -1.42. The van der Waals surface area contributed by atoms with Crippen molar-refractivity contribution in [3.8, 4) is 11.4 Å². The number of carbonyl (C=O) groups is 2. The molecule has 0 bridgehead atoms. The predicted octanol–water partition coefficient (Wildman–Crippen LogP) is 1.98. The van der Waals surface area contributed by atoms with E-state index in [-0.39, 0.29) is 19.0 Å². The summed E-state index contributed by atoms with van der Waals surface area (Å²) in [6.45, 7) is 2.06. The van der Waals surface area contributed by atoms with Crippen molar-refractivity contribution in [3.05, 3.63) is 24.8 Å². The summed E-state index contributed by atoms with van der Waals surface area (Å²) in [6.07, 6.45) is 7.33. The first-order chi connectivity index (χ1) is 11.5. The van der Waals surface area contributed by atoms with E-state index in [2.05, 4.69) is 22.2 Å². The molecule has 0 aromatic rings. The van der Waals surface area contributed by atoms with Gasteiger partial charge in [0, 0.05) is 24.4 Å². The Hall–Kier alpha value is -2.48. The third-order valence-corrected chi connectivity index (χ3v) is 3.84. The van der Waals surface area contributed by atoms with Gasteiger partial charge in [-0.1, -0.05) is 19.8 Å². The van der Waals surface area contributed by atoms with Crippen LogP contribution in [0.1, 0.15) is 45.2 Å². The lowest BCUT2D eigenvalue weighted by Gasteiger charge is -2.26. The van der Waals surface area contributed by atoms with Gasteiger partial charge >= 0.3 is 11.9 Å². The highest BCUT2D eigenvalue weighted by molar-refractivity contribution is 5.75. The normalized spacial score (nSPS) is 13.7. The molecule has 2 heterocycles. The molecule has 8 heteroatoms. The first-order valence-electron chi connectivity index (χ1n) is 8.00. The molecule has 2 aliphatic rings. The molecule has 0 aliphatic carbocycles. The van der Waals surface area contributed by atoms with Crippen LogP contribution < -0.4 is 5.32 Å². The lowest BCUT2D eigenvalue weighted by Crippen LogP contribution is -2.41. The first kappa shape index (κ1) is 17.9. The third kappa shape index (κ3) is 4.76. The molecule has 3 N–H and O–H groups in total. The van der Waals surface area contributed by atoms with Gasteiger partial charge in [0.15, 0.2) is 5.82 Å². The van der Waals surface area contributed by atoms with Crippen LogP contribution in [0, 0.1) is 0 Å². The van der Waals surface area contributed by atoms with Crippen molar-refractivity contribution in [2.24, 2.45) is 0 Å². The number of carboxylic acid groups (broad SMARTS) is 2. The van der Waals surface area contributed by atoms with Crippen molar-refractivity contribution in [3.63, 3.8) is 0 Å². The Kier molecular flexibility index (Phi) is 6.25.